The van der Waals surface area contributed by atoms with Gasteiger partial charge in [-0.2, -0.15) is 0 Å². The van der Waals surface area contributed by atoms with Crippen molar-refractivity contribution in [2.24, 2.45) is 5.92 Å². The van der Waals surface area contributed by atoms with Gasteiger partial charge in [0.2, 0.25) is 11.8 Å². The van der Waals surface area contributed by atoms with Gasteiger partial charge in [0, 0.05) is 6.54 Å². The summed E-state index contributed by atoms with van der Waals surface area (Å²) in [5.41, 5.74) is 1.11. The highest BCUT2D eigenvalue weighted by Crippen LogP contribution is 2.09. The topological polar surface area (TPSA) is 58.2 Å². The van der Waals surface area contributed by atoms with Gasteiger partial charge in [-0.3, -0.25) is 9.59 Å². The number of hydrogen-bond donors (Lipinski definition) is 2. The zero-order chi connectivity index (χ0) is 11.4. The summed E-state index contributed by atoms with van der Waals surface area (Å²) < 4.78 is 0. The average Bonchev–Trinajstić information content (AvgIpc) is 2.46. The Morgan fingerprint density at radius 2 is 1.88 bits per heavy atom. The van der Waals surface area contributed by atoms with Gasteiger partial charge in [0.25, 0.3) is 0 Å². The summed E-state index contributed by atoms with van der Waals surface area (Å²) in [6, 6.07) is 9.81. The van der Waals surface area contributed by atoms with Crippen LogP contribution in [0.1, 0.15) is 5.56 Å². The number of amides is 2. The van der Waals surface area contributed by atoms with Crippen LogP contribution in [0, 0.1) is 5.92 Å². The van der Waals surface area contributed by atoms with E-state index in [1.807, 2.05) is 30.3 Å². The zero-order valence-electron chi connectivity index (χ0n) is 8.90. The predicted octanol–water partition coefficient (Wildman–Crippen LogP) is 0.0913. The fraction of sp³-hybridized carbons (Fsp3) is 0.333. The third-order valence-electron chi connectivity index (χ3n) is 2.66. The van der Waals surface area contributed by atoms with Gasteiger partial charge < -0.3 is 10.6 Å². The van der Waals surface area contributed by atoms with Crippen molar-refractivity contribution in [1.29, 1.82) is 0 Å². The largest absolute Gasteiger partial charge is 0.354 e. The molecular formula is C12H14N2O2. The summed E-state index contributed by atoms with van der Waals surface area (Å²) >= 11 is 0. The predicted molar refractivity (Wildman–Crippen MR) is 59.7 cm³/mol. The van der Waals surface area contributed by atoms with E-state index in [1.165, 1.54) is 0 Å². The highest BCUT2D eigenvalue weighted by atomic mass is 16.2. The maximum atomic E-state index is 11.7. The molecule has 1 heterocycles. The monoisotopic (exact) mass is 218 g/mol. The van der Waals surface area contributed by atoms with Crippen molar-refractivity contribution >= 4 is 11.8 Å². The summed E-state index contributed by atoms with van der Waals surface area (Å²) in [5.74, 6) is -0.347. The second-order valence-corrected chi connectivity index (χ2v) is 3.91. The number of rotatable bonds is 2. The third-order valence-corrected chi connectivity index (χ3v) is 2.66. The van der Waals surface area contributed by atoms with E-state index in [0.717, 1.165) is 5.56 Å². The van der Waals surface area contributed by atoms with E-state index >= 15 is 0 Å². The van der Waals surface area contributed by atoms with Crippen LogP contribution in [0.15, 0.2) is 30.3 Å². The van der Waals surface area contributed by atoms with Crippen LogP contribution in [-0.2, 0) is 16.0 Å². The molecule has 0 bridgehead atoms. The minimum Gasteiger partial charge on any atom is -0.354 e. The number of benzene rings is 1. The van der Waals surface area contributed by atoms with Crippen molar-refractivity contribution in [3.05, 3.63) is 35.9 Å². The molecule has 0 saturated carbocycles. The van der Waals surface area contributed by atoms with Crippen LogP contribution in [0.25, 0.3) is 0 Å². The minimum atomic E-state index is -0.172. The number of hydrogen-bond acceptors (Lipinski definition) is 2. The van der Waals surface area contributed by atoms with Gasteiger partial charge in [-0.1, -0.05) is 30.3 Å². The molecular weight excluding hydrogens is 204 g/mol. The molecule has 16 heavy (non-hydrogen) atoms. The van der Waals surface area contributed by atoms with E-state index < -0.39 is 0 Å². The van der Waals surface area contributed by atoms with Gasteiger partial charge in [0.05, 0.1) is 12.5 Å². The fourth-order valence-electron chi connectivity index (χ4n) is 1.77. The molecule has 1 saturated heterocycles. The van der Waals surface area contributed by atoms with Gasteiger partial charge in [-0.15, -0.1) is 0 Å². The van der Waals surface area contributed by atoms with E-state index in [4.69, 9.17) is 0 Å². The Labute approximate surface area is 94.0 Å². The molecule has 1 fully saturated rings. The van der Waals surface area contributed by atoms with E-state index in [0.29, 0.717) is 13.0 Å². The van der Waals surface area contributed by atoms with E-state index in [9.17, 15) is 9.59 Å². The smallest absolute Gasteiger partial charge is 0.239 e. The van der Waals surface area contributed by atoms with Crippen LogP contribution in [0.5, 0.6) is 0 Å². The second kappa shape index (κ2) is 4.79. The quantitative estimate of drug-likeness (QED) is 0.739. The normalized spacial score (nSPS) is 20.9. The molecule has 1 atom stereocenters. The summed E-state index contributed by atoms with van der Waals surface area (Å²) in [6.45, 7) is 0.504. The van der Waals surface area contributed by atoms with Crippen molar-refractivity contribution in [2.75, 3.05) is 13.1 Å². The molecule has 0 radical (unpaired) electrons. The molecule has 0 spiro atoms. The van der Waals surface area contributed by atoms with Crippen LogP contribution in [-0.4, -0.2) is 24.9 Å². The summed E-state index contributed by atoms with van der Waals surface area (Å²) in [5, 5.41) is 5.34. The summed E-state index contributed by atoms with van der Waals surface area (Å²) in [6.07, 6.45) is 0.660. The highest BCUT2D eigenvalue weighted by molar-refractivity contribution is 5.88. The van der Waals surface area contributed by atoms with Gasteiger partial charge in [0.15, 0.2) is 0 Å². The van der Waals surface area contributed by atoms with E-state index in [-0.39, 0.29) is 24.3 Å². The Kier molecular flexibility index (Phi) is 3.19. The number of carbonyl (C=O) groups is 2. The van der Waals surface area contributed by atoms with Gasteiger partial charge in [0.1, 0.15) is 0 Å². The minimum absolute atomic E-state index is 0.0535. The van der Waals surface area contributed by atoms with Crippen LogP contribution >= 0.6 is 0 Å². The molecule has 0 aromatic heterocycles. The van der Waals surface area contributed by atoms with Crippen LogP contribution in [0.4, 0.5) is 0 Å². The summed E-state index contributed by atoms with van der Waals surface area (Å²) in [7, 11) is 0. The highest BCUT2D eigenvalue weighted by Gasteiger charge is 2.23. The average molecular weight is 218 g/mol. The van der Waals surface area contributed by atoms with E-state index in [2.05, 4.69) is 10.6 Å². The Morgan fingerprint density at radius 3 is 2.62 bits per heavy atom. The maximum absolute atomic E-state index is 11.7. The standard InChI is InChI=1S/C12H14N2O2/c15-11-8-14-12(16)10(7-13-11)6-9-4-2-1-3-5-9/h1-5,10H,6-8H2,(H,13,15)(H,14,16). The molecule has 1 unspecified atom stereocenters. The number of nitrogens with one attached hydrogen (secondary N) is 2. The summed E-state index contributed by atoms with van der Waals surface area (Å²) in [4.78, 5) is 22.8. The van der Waals surface area contributed by atoms with Crippen molar-refractivity contribution in [1.82, 2.24) is 10.6 Å². The molecule has 4 heteroatoms. The van der Waals surface area contributed by atoms with Gasteiger partial charge in [-0.25, -0.2) is 0 Å². The maximum Gasteiger partial charge on any atom is 0.239 e. The first-order valence-corrected chi connectivity index (χ1v) is 5.34. The first kappa shape index (κ1) is 10.7. The van der Waals surface area contributed by atoms with Crippen molar-refractivity contribution < 1.29 is 9.59 Å². The molecule has 0 aliphatic carbocycles. The van der Waals surface area contributed by atoms with Crippen molar-refractivity contribution in [2.45, 2.75) is 6.42 Å². The lowest BCUT2D eigenvalue weighted by Crippen LogP contribution is -2.32. The SMILES string of the molecule is O=C1CNC(=O)C(Cc2ccccc2)CN1. The molecule has 2 amide bonds. The molecule has 1 aromatic carbocycles. The molecule has 1 aliphatic rings. The first-order valence-electron chi connectivity index (χ1n) is 5.34. The number of carbonyl (C=O) groups excluding carboxylic acids is 2. The van der Waals surface area contributed by atoms with Crippen molar-refractivity contribution in [3.63, 3.8) is 0 Å². The Hall–Kier alpha value is -1.84. The third kappa shape index (κ3) is 2.59. The molecule has 1 aliphatic heterocycles. The fourth-order valence-corrected chi connectivity index (χ4v) is 1.77. The van der Waals surface area contributed by atoms with Crippen LogP contribution in [0.3, 0.4) is 0 Å². The molecule has 1 aromatic rings. The zero-order valence-corrected chi connectivity index (χ0v) is 8.90. The Bertz CT molecular complexity index is 389. The Balaban J connectivity index is 2.03. The van der Waals surface area contributed by atoms with E-state index in [1.54, 1.807) is 0 Å². The molecule has 84 valence electrons. The molecule has 4 nitrogen and oxygen atoms in total. The molecule has 2 rings (SSSR count). The van der Waals surface area contributed by atoms with Gasteiger partial charge >= 0.3 is 0 Å². The van der Waals surface area contributed by atoms with Gasteiger partial charge in [-0.05, 0) is 12.0 Å². The van der Waals surface area contributed by atoms with Crippen LogP contribution < -0.4 is 10.6 Å². The second-order valence-electron chi connectivity index (χ2n) is 3.91. The van der Waals surface area contributed by atoms with Crippen LogP contribution in [0.2, 0.25) is 0 Å². The van der Waals surface area contributed by atoms with Crippen molar-refractivity contribution in [3.8, 4) is 0 Å². The first-order chi connectivity index (χ1) is 7.75. The molecule has 2 N–H and O–H groups in total. The lowest BCUT2D eigenvalue weighted by Gasteiger charge is -2.12. The Morgan fingerprint density at radius 1 is 1.12 bits per heavy atom. The lowest BCUT2D eigenvalue weighted by molar-refractivity contribution is -0.125. The lowest BCUT2D eigenvalue weighted by atomic mass is 9.99.